The molecule has 0 bridgehead atoms. The van der Waals surface area contributed by atoms with Gasteiger partial charge < -0.3 is 20.5 Å². The van der Waals surface area contributed by atoms with Gasteiger partial charge in [-0.15, -0.1) is 5.10 Å². The molecule has 2 atom stereocenters. The molecule has 8 nitrogen and oxygen atoms in total. The molecule has 1 aliphatic carbocycles. The molecule has 0 spiro atoms. The molecule has 0 radical (unpaired) electrons. The standard InChI is InChI=1S/C18H23N5O3/c1-11-17(18(24)20-14-4-2-3-12(14)10-19)21-22-23(11)13-5-6-15-16(9-13)26-8-7-25-15/h5-6,9,12,14H,2-4,7-8,10,19H2,1H3,(H,20,24). The van der Waals surface area contributed by atoms with Crippen molar-refractivity contribution in [3.8, 4) is 17.2 Å². The highest BCUT2D eigenvalue weighted by Gasteiger charge is 2.29. The van der Waals surface area contributed by atoms with Crippen molar-refractivity contribution in [2.24, 2.45) is 11.7 Å². The predicted molar refractivity (Wildman–Crippen MR) is 94.7 cm³/mol. The van der Waals surface area contributed by atoms with Crippen molar-refractivity contribution < 1.29 is 14.3 Å². The summed E-state index contributed by atoms with van der Waals surface area (Å²) in [5.41, 5.74) is 7.59. The smallest absolute Gasteiger partial charge is 0.273 e. The van der Waals surface area contributed by atoms with E-state index in [2.05, 4.69) is 15.6 Å². The highest BCUT2D eigenvalue weighted by Crippen LogP contribution is 2.32. The molecular formula is C18H23N5O3. The van der Waals surface area contributed by atoms with E-state index in [9.17, 15) is 4.79 Å². The Morgan fingerprint density at radius 2 is 2.12 bits per heavy atom. The van der Waals surface area contributed by atoms with Crippen LogP contribution in [0.25, 0.3) is 5.69 Å². The van der Waals surface area contributed by atoms with E-state index >= 15 is 0 Å². The van der Waals surface area contributed by atoms with Gasteiger partial charge in [0.05, 0.1) is 11.4 Å². The molecule has 1 aromatic carbocycles. The van der Waals surface area contributed by atoms with Gasteiger partial charge in [0.1, 0.15) is 13.2 Å². The van der Waals surface area contributed by atoms with Crippen LogP contribution in [0.4, 0.5) is 0 Å². The maximum atomic E-state index is 12.6. The molecule has 26 heavy (non-hydrogen) atoms. The summed E-state index contributed by atoms with van der Waals surface area (Å²) in [7, 11) is 0. The minimum atomic E-state index is -0.198. The number of nitrogens with one attached hydrogen (secondary N) is 1. The number of amides is 1. The summed E-state index contributed by atoms with van der Waals surface area (Å²) in [4.78, 5) is 12.6. The van der Waals surface area contributed by atoms with Gasteiger partial charge in [0, 0.05) is 12.1 Å². The Hall–Kier alpha value is -2.61. The van der Waals surface area contributed by atoms with Gasteiger partial charge in [-0.2, -0.15) is 0 Å². The van der Waals surface area contributed by atoms with E-state index in [1.54, 1.807) is 4.68 Å². The monoisotopic (exact) mass is 357 g/mol. The molecule has 2 unspecified atom stereocenters. The maximum absolute atomic E-state index is 12.6. The number of carbonyl (C=O) groups excluding carboxylic acids is 1. The van der Waals surface area contributed by atoms with Gasteiger partial charge >= 0.3 is 0 Å². The van der Waals surface area contributed by atoms with Crippen molar-refractivity contribution in [2.75, 3.05) is 19.8 Å². The molecule has 1 aliphatic heterocycles. The topological polar surface area (TPSA) is 104 Å². The zero-order valence-electron chi connectivity index (χ0n) is 14.8. The Labute approximate surface area is 151 Å². The van der Waals surface area contributed by atoms with Gasteiger partial charge in [-0.05, 0) is 44.4 Å². The third-order valence-electron chi connectivity index (χ3n) is 5.16. The second-order valence-electron chi connectivity index (χ2n) is 6.77. The van der Waals surface area contributed by atoms with Gasteiger partial charge in [-0.25, -0.2) is 4.68 Å². The zero-order chi connectivity index (χ0) is 18.1. The lowest BCUT2D eigenvalue weighted by Crippen LogP contribution is -2.40. The van der Waals surface area contributed by atoms with Crippen LogP contribution in [0.5, 0.6) is 11.5 Å². The summed E-state index contributed by atoms with van der Waals surface area (Å²) in [6.45, 7) is 3.49. The van der Waals surface area contributed by atoms with E-state index in [-0.39, 0.29) is 11.9 Å². The van der Waals surface area contributed by atoms with E-state index < -0.39 is 0 Å². The molecule has 1 amide bonds. The first-order valence-electron chi connectivity index (χ1n) is 9.00. The van der Waals surface area contributed by atoms with E-state index in [0.717, 1.165) is 24.9 Å². The molecule has 138 valence electrons. The van der Waals surface area contributed by atoms with Crippen molar-refractivity contribution in [1.29, 1.82) is 0 Å². The normalized spacial score (nSPS) is 21.6. The second kappa shape index (κ2) is 6.95. The fourth-order valence-electron chi connectivity index (χ4n) is 3.69. The summed E-state index contributed by atoms with van der Waals surface area (Å²) in [6.07, 6.45) is 3.11. The Kier molecular flexibility index (Phi) is 4.50. The Bertz CT molecular complexity index is 819. The van der Waals surface area contributed by atoms with Crippen LogP contribution in [0.1, 0.15) is 35.4 Å². The van der Waals surface area contributed by atoms with Crippen LogP contribution in [-0.2, 0) is 0 Å². The predicted octanol–water partition coefficient (Wildman–Crippen LogP) is 1.20. The van der Waals surface area contributed by atoms with E-state index in [1.807, 2.05) is 25.1 Å². The van der Waals surface area contributed by atoms with Crippen molar-refractivity contribution in [2.45, 2.75) is 32.2 Å². The average molecular weight is 357 g/mol. The molecule has 1 saturated carbocycles. The minimum absolute atomic E-state index is 0.117. The number of aromatic nitrogens is 3. The maximum Gasteiger partial charge on any atom is 0.273 e. The SMILES string of the molecule is Cc1c(C(=O)NC2CCCC2CN)nnn1-c1ccc2c(c1)OCCO2. The Balaban J connectivity index is 1.55. The van der Waals surface area contributed by atoms with Crippen molar-refractivity contribution in [3.63, 3.8) is 0 Å². The molecule has 2 heterocycles. The first-order valence-corrected chi connectivity index (χ1v) is 9.00. The number of nitrogens with zero attached hydrogens (tertiary/aromatic N) is 3. The number of rotatable bonds is 4. The van der Waals surface area contributed by atoms with E-state index in [4.69, 9.17) is 15.2 Å². The molecule has 3 N–H and O–H groups in total. The largest absolute Gasteiger partial charge is 0.486 e. The fraction of sp³-hybridized carbons (Fsp3) is 0.500. The summed E-state index contributed by atoms with van der Waals surface area (Å²) < 4.78 is 12.8. The van der Waals surface area contributed by atoms with Crippen LogP contribution in [0.2, 0.25) is 0 Å². The molecule has 0 saturated heterocycles. The Morgan fingerprint density at radius 1 is 1.31 bits per heavy atom. The van der Waals surface area contributed by atoms with Crippen molar-refractivity contribution in [1.82, 2.24) is 20.3 Å². The number of hydrogen-bond acceptors (Lipinski definition) is 6. The highest BCUT2D eigenvalue weighted by atomic mass is 16.6. The molecule has 4 rings (SSSR count). The fourth-order valence-corrected chi connectivity index (χ4v) is 3.69. The number of benzene rings is 1. The first-order chi connectivity index (χ1) is 12.7. The van der Waals surface area contributed by atoms with Crippen LogP contribution in [0, 0.1) is 12.8 Å². The lowest BCUT2D eigenvalue weighted by Gasteiger charge is -2.19. The lowest BCUT2D eigenvalue weighted by molar-refractivity contribution is 0.0923. The van der Waals surface area contributed by atoms with Gasteiger partial charge in [0.2, 0.25) is 0 Å². The quantitative estimate of drug-likeness (QED) is 0.852. The number of ether oxygens (including phenoxy) is 2. The van der Waals surface area contributed by atoms with E-state index in [1.165, 1.54) is 0 Å². The lowest BCUT2D eigenvalue weighted by atomic mass is 10.0. The molecule has 1 aromatic heterocycles. The third kappa shape index (κ3) is 3.01. The highest BCUT2D eigenvalue weighted by molar-refractivity contribution is 5.93. The van der Waals surface area contributed by atoms with Crippen LogP contribution < -0.4 is 20.5 Å². The van der Waals surface area contributed by atoms with Gasteiger partial charge in [0.25, 0.3) is 5.91 Å². The number of nitrogens with two attached hydrogens (primary N) is 1. The average Bonchev–Trinajstić information content (AvgIpc) is 3.27. The zero-order valence-corrected chi connectivity index (χ0v) is 14.8. The van der Waals surface area contributed by atoms with Crippen LogP contribution in [0.3, 0.4) is 0 Å². The van der Waals surface area contributed by atoms with Crippen molar-refractivity contribution >= 4 is 5.91 Å². The van der Waals surface area contributed by atoms with Crippen LogP contribution in [0.15, 0.2) is 18.2 Å². The third-order valence-corrected chi connectivity index (χ3v) is 5.16. The molecular weight excluding hydrogens is 334 g/mol. The van der Waals surface area contributed by atoms with Crippen LogP contribution in [-0.4, -0.2) is 46.7 Å². The van der Waals surface area contributed by atoms with Gasteiger partial charge in [-0.3, -0.25) is 4.79 Å². The summed E-state index contributed by atoms with van der Waals surface area (Å²) in [5.74, 6) is 1.53. The molecule has 1 fully saturated rings. The van der Waals surface area contributed by atoms with Gasteiger partial charge in [0.15, 0.2) is 17.2 Å². The second-order valence-corrected chi connectivity index (χ2v) is 6.77. The molecule has 8 heteroatoms. The van der Waals surface area contributed by atoms with Crippen LogP contribution >= 0.6 is 0 Å². The minimum Gasteiger partial charge on any atom is -0.486 e. The Morgan fingerprint density at radius 3 is 2.92 bits per heavy atom. The van der Waals surface area contributed by atoms with E-state index in [0.29, 0.717) is 48.6 Å². The summed E-state index contributed by atoms with van der Waals surface area (Å²) in [6, 6.07) is 5.68. The number of carbonyl (C=O) groups is 1. The summed E-state index contributed by atoms with van der Waals surface area (Å²) >= 11 is 0. The summed E-state index contributed by atoms with van der Waals surface area (Å²) in [5, 5.41) is 11.3. The number of fused-ring (bicyclic) bond motifs is 1. The number of hydrogen-bond donors (Lipinski definition) is 2. The van der Waals surface area contributed by atoms with Crippen molar-refractivity contribution in [3.05, 3.63) is 29.6 Å². The molecule has 2 aliphatic rings. The first kappa shape index (κ1) is 16.8. The van der Waals surface area contributed by atoms with Gasteiger partial charge in [-0.1, -0.05) is 11.6 Å². The molecule has 2 aromatic rings.